The molecule has 15 heteroatoms. The van der Waals surface area contributed by atoms with Gasteiger partial charge in [-0.1, -0.05) is 24.3 Å². The van der Waals surface area contributed by atoms with Gasteiger partial charge >= 0.3 is 12.1 Å². The monoisotopic (exact) mass is 635 g/mol. The number of aliphatic hydroxyl groups excluding tert-OH is 1. The van der Waals surface area contributed by atoms with Gasteiger partial charge in [-0.15, -0.1) is 0 Å². The van der Waals surface area contributed by atoms with Gasteiger partial charge in [0.05, 0.1) is 31.2 Å². The number of aliphatic imine (C=N–C) groups is 1. The molecule has 244 valence electrons. The highest BCUT2D eigenvalue weighted by Gasteiger charge is 2.54. The lowest BCUT2D eigenvalue weighted by Crippen LogP contribution is -2.54. The fourth-order valence-electron chi connectivity index (χ4n) is 5.59. The third-order valence-corrected chi connectivity index (χ3v) is 7.88. The number of aliphatic hydroxyl groups is 1. The number of nitrogens with zero attached hydrogens (tertiary/aromatic N) is 3. The Hall–Kier alpha value is -4.40. The maximum absolute atomic E-state index is 13.6. The number of carbonyl (C=O) groups excluding carboxylic acids is 2. The predicted octanol–water partition coefficient (Wildman–Crippen LogP) is 3.12. The number of ether oxygens (including phenoxy) is 2. The van der Waals surface area contributed by atoms with Crippen LogP contribution in [0.4, 0.5) is 13.2 Å². The van der Waals surface area contributed by atoms with Crippen molar-refractivity contribution in [2.45, 2.75) is 76.0 Å². The molecule has 0 bridgehead atoms. The van der Waals surface area contributed by atoms with Gasteiger partial charge in [0.25, 0.3) is 0 Å². The lowest BCUT2D eigenvalue weighted by atomic mass is 9.86. The molecule has 1 fully saturated rings. The summed E-state index contributed by atoms with van der Waals surface area (Å²) in [5.41, 5.74) is 6.33. The van der Waals surface area contributed by atoms with Crippen LogP contribution in [0.3, 0.4) is 0 Å². The Morgan fingerprint density at radius 2 is 1.82 bits per heavy atom. The van der Waals surface area contributed by atoms with Crippen molar-refractivity contribution < 1.29 is 47.2 Å². The summed E-state index contributed by atoms with van der Waals surface area (Å²) < 4.78 is 42.9. The van der Waals surface area contributed by atoms with Crippen LogP contribution in [0.25, 0.3) is 0 Å². The minimum Gasteiger partial charge on any atom is -0.485 e. The van der Waals surface area contributed by atoms with Crippen LogP contribution in [-0.4, -0.2) is 74.4 Å². The Balaban J connectivity index is 0.000000591. The number of nitrogens with one attached hydrogen (secondary N) is 1. The van der Waals surface area contributed by atoms with Crippen molar-refractivity contribution in [2.24, 2.45) is 22.6 Å². The van der Waals surface area contributed by atoms with Gasteiger partial charge in [0.15, 0.2) is 5.96 Å². The van der Waals surface area contributed by atoms with Gasteiger partial charge in [0.2, 0.25) is 17.7 Å². The van der Waals surface area contributed by atoms with Crippen LogP contribution < -0.4 is 20.5 Å². The van der Waals surface area contributed by atoms with E-state index in [0.29, 0.717) is 18.1 Å². The van der Waals surface area contributed by atoms with E-state index in [9.17, 15) is 27.9 Å². The van der Waals surface area contributed by atoms with Crippen LogP contribution >= 0.6 is 0 Å². The molecular formula is C30H36F3N5O7. The number of hydrogen-bond acceptors (Lipinski definition) is 9. The van der Waals surface area contributed by atoms with Gasteiger partial charge in [0.1, 0.15) is 17.5 Å². The smallest absolute Gasteiger partial charge is 0.485 e. The minimum atomic E-state index is -5.08. The Morgan fingerprint density at radius 1 is 1.18 bits per heavy atom. The number of methoxy groups -OCH3 is 1. The Labute approximate surface area is 257 Å². The number of alkyl halides is 3. The van der Waals surface area contributed by atoms with Gasteiger partial charge in [-0.25, -0.2) is 14.8 Å². The van der Waals surface area contributed by atoms with E-state index >= 15 is 0 Å². The van der Waals surface area contributed by atoms with Crippen LogP contribution in [0.2, 0.25) is 0 Å². The molecule has 1 aliphatic carbocycles. The molecule has 45 heavy (non-hydrogen) atoms. The number of carbonyl (C=O) groups is 3. The van der Waals surface area contributed by atoms with Crippen molar-refractivity contribution in [3.8, 4) is 11.6 Å². The fraction of sp³-hybridized carbons (Fsp3) is 0.500. The second-order valence-electron chi connectivity index (χ2n) is 12.3. The molecule has 5 N–H and O–H groups in total. The van der Waals surface area contributed by atoms with E-state index in [2.05, 4.69) is 15.3 Å². The van der Waals surface area contributed by atoms with E-state index in [1.54, 1.807) is 26.1 Å². The van der Waals surface area contributed by atoms with Crippen molar-refractivity contribution in [1.82, 2.24) is 15.2 Å². The minimum absolute atomic E-state index is 0.133. The molecule has 2 aliphatic heterocycles. The second-order valence-corrected chi connectivity index (χ2v) is 12.3. The number of pyridine rings is 1. The summed E-state index contributed by atoms with van der Waals surface area (Å²) in [5, 5.41) is 21.3. The third-order valence-electron chi connectivity index (χ3n) is 7.88. The summed E-state index contributed by atoms with van der Waals surface area (Å²) in [4.78, 5) is 46.2. The van der Waals surface area contributed by atoms with Crippen molar-refractivity contribution in [1.29, 1.82) is 0 Å². The number of amides is 2. The maximum Gasteiger partial charge on any atom is 0.490 e. The number of para-hydroxylation sites is 1. The zero-order valence-electron chi connectivity index (χ0n) is 25.3. The van der Waals surface area contributed by atoms with Crippen molar-refractivity contribution >= 4 is 23.7 Å². The molecule has 12 nitrogen and oxygen atoms in total. The normalized spacial score (nSPS) is 25.3. The number of hydrogen-bond donors (Lipinski definition) is 4. The molecule has 5 rings (SSSR count). The number of aromatic nitrogens is 1. The molecule has 0 radical (unpaired) electrons. The molecule has 1 unspecified atom stereocenters. The number of carboxylic acids is 1. The number of fused-ring (bicyclic) bond motifs is 1. The van der Waals surface area contributed by atoms with E-state index in [-0.39, 0.29) is 36.0 Å². The molecule has 0 spiro atoms. The third kappa shape index (κ3) is 7.30. The van der Waals surface area contributed by atoms with Crippen molar-refractivity contribution in [3.05, 3.63) is 53.7 Å². The highest BCUT2D eigenvalue weighted by molar-refractivity contribution is 5.99. The summed E-state index contributed by atoms with van der Waals surface area (Å²) in [7, 11) is 1.53. The molecule has 1 aromatic carbocycles. The maximum atomic E-state index is 13.6. The van der Waals surface area contributed by atoms with Crippen molar-refractivity contribution in [3.63, 3.8) is 0 Å². The fourth-order valence-corrected chi connectivity index (χ4v) is 5.59. The molecular weight excluding hydrogens is 599 g/mol. The Morgan fingerprint density at radius 3 is 2.38 bits per heavy atom. The average Bonchev–Trinajstić information content (AvgIpc) is 3.73. The lowest BCUT2D eigenvalue weighted by Gasteiger charge is -2.42. The molecule has 3 heterocycles. The van der Waals surface area contributed by atoms with Crippen LogP contribution in [-0.2, 0) is 14.4 Å². The summed E-state index contributed by atoms with van der Waals surface area (Å²) in [5.74, 6) is -2.48. The topological polar surface area (TPSA) is 177 Å². The molecule has 0 saturated heterocycles. The number of rotatable bonds is 6. The SMILES string of the molecule is COc1ccc(C([C@@H]2C[C@H]2C(=O)N[C@@H]2c3ccccc3OC(C)(C)[C@H]2O)N2C(=O)CC(C)(C)N=C2N)cn1.O=C(O)C(F)(F)F. The van der Waals surface area contributed by atoms with E-state index in [4.69, 9.17) is 25.1 Å². The molecule has 1 aromatic heterocycles. The number of halogens is 3. The number of benzene rings is 1. The first-order valence-corrected chi connectivity index (χ1v) is 14.1. The van der Waals surface area contributed by atoms with E-state index in [0.717, 1.165) is 11.1 Å². The van der Waals surface area contributed by atoms with E-state index < -0.39 is 41.5 Å². The zero-order valence-corrected chi connectivity index (χ0v) is 25.3. The number of guanidine groups is 1. The Bertz CT molecular complexity index is 1480. The van der Waals surface area contributed by atoms with Crippen molar-refractivity contribution in [2.75, 3.05) is 7.11 Å². The van der Waals surface area contributed by atoms with E-state index in [1.807, 2.05) is 44.2 Å². The molecule has 2 amide bonds. The molecule has 3 aliphatic rings. The summed E-state index contributed by atoms with van der Waals surface area (Å²) in [6, 6.07) is 9.81. The van der Waals surface area contributed by atoms with Gasteiger partial charge in [-0.05, 0) is 51.7 Å². The molecule has 1 saturated carbocycles. The lowest BCUT2D eigenvalue weighted by molar-refractivity contribution is -0.192. The van der Waals surface area contributed by atoms with Gasteiger partial charge in [-0.3, -0.25) is 14.5 Å². The number of carboxylic acid groups (broad SMARTS) is 1. The molecule has 5 atom stereocenters. The van der Waals surface area contributed by atoms with E-state index in [1.165, 1.54) is 12.0 Å². The first-order valence-electron chi connectivity index (χ1n) is 14.1. The number of aliphatic carboxylic acids is 1. The first kappa shape index (κ1) is 33.5. The Kier molecular flexibility index (Phi) is 9.07. The van der Waals surface area contributed by atoms with Gasteiger partial charge in [0, 0.05) is 23.7 Å². The standard InChI is InChI=1S/C28H35N5O5.C2HF3O2/c1-27(2)13-21(34)33(26(29)32-27)23(15-10-11-20(37-5)30-14-15)17-12-18(17)25(36)31-22-16-8-6-7-9-19(16)38-28(3,4)24(22)35;3-2(4,5)1(6)7/h6-11,14,17-18,22-24,35H,12-13H2,1-5H3,(H2,29,32)(H,31,36);(H,6,7)/t17-,18-,22-,23?,24+;/m1./s1. The average molecular weight is 636 g/mol. The van der Waals surface area contributed by atoms with Crippen LogP contribution in [0.5, 0.6) is 11.6 Å². The second kappa shape index (κ2) is 12.2. The van der Waals surface area contributed by atoms with Crippen LogP contribution in [0.15, 0.2) is 47.6 Å². The quantitative estimate of drug-likeness (QED) is 0.372. The largest absolute Gasteiger partial charge is 0.490 e. The summed E-state index contributed by atoms with van der Waals surface area (Å²) >= 11 is 0. The summed E-state index contributed by atoms with van der Waals surface area (Å²) in [6.07, 6.45) is -3.63. The highest BCUT2D eigenvalue weighted by Crippen LogP contribution is 2.52. The first-order chi connectivity index (χ1) is 20.9. The van der Waals surface area contributed by atoms with Crippen LogP contribution in [0, 0.1) is 11.8 Å². The predicted molar refractivity (Wildman–Crippen MR) is 154 cm³/mol. The molecule has 2 aromatic rings. The number of nitrogens with two attached hydrogens (primary N) is 1. The van der Waals surface area contributed by atoms with Gasteiger partial charge in [-0.2, -0.15) is 13.2 Å². The summed E-state index contributed by atoms with van der Waals surface area (Å²) in [6.45, 7) is 7.33. The van der Waals surface area contributed by atoms with Gasteiger partial charge < -0.3 is 30.7 Å². The van der Waals surface area contributed by atoms with Crippen LogP contribution in [0.1, 0.15) is 63.7 Å². The highest BCUT2D eigenvalue weighted by atomic mass is 19.4. The zero-order chi connectivity index (χ0) is 33.5.